The van der Waals surface area contributed by atoms with Crippen LogP contribution in [0.15, 0.2) is 59.7 Å². The van der Waals surface area contributed by atoms with E-state index in [1.165, 1.54) is 36.4 Å². The number of benzene rings is 3. The Morgan fingerprint density at radius 1 is 0.828 bits per heavy atom. The van der Waals surface area contributed by atoms with Crippen molar-refractivity contribution in [3.63, 3.8) is 0 Å². The second-order valence-electron chi connectivity index (χ2n) is 6.17. The molecule has 0 N–H and O–H groups in total. The number of nitrogens with zero attached hydrogens (tertiary/aromatic N) is 4. The third-order valence-corrected chi connectivity index (χ3v) is 4.42. The van der Waals surface area contributed by atoms with Crippen molar-refractivity contribution in [3.8, 4) is 0 Å². The van der Waals surface area contributed by atoms with Crippen LogP contribution in [-0.2, 0) is 0 Å². The predicted molar refractivity (Wildman–Crippen MR) is 102 cm³/mol. The predicted octanol–water partition coefficient (Wildman–Crippen LogP) is 3.29. The number of amides is 2. The SMILES string of the molecule is O=C1c2cccc3cc([N+](=O)[O-])cc(c23)C(=O)N1N=Cc1cccc([N+](=O)[O-])c1. The van der Waals surface area contributed by atoms with Crippen molar-refractivity contribution in [3.05, 3.63) is 91.5 Å². The molecule has 10 heteroatoms. The maximum absolute atomic E-state index is 12.8. The Bertz CT molecular complexity index is 1270. The standard InChI is InChI=1S/C19H10N4O6/c24-18-15-6-2-4-12-8-14(23(28)29)9-16(17(12)15)19(25)21(18)20-10-11-3-1-5-13(7-11)22(26)27/h1-10H. The quantitative estimate of drug-likeness (QED) is 0.290. The van der Waals surface area contributed by atoms with Gasteiger partial charge in [-0.05, 0) is 11.5 Å². The van der Waals surface area contributed by atoms with Crippen LogP contribution >= 0.6 is 0 Å². The maximum atomic E-state index is 12.8. The minimum Gasteiger partial charge on any atom is -0.267 e. The molecule has 1 aliphatic heterocycles. The van der Waals surface area contributed by atoms with Crippen LogP contribution in [0.4, 0.5) is 11.4 Å². The molecule has 0 unspecified atom stereocenters. The molecule has 0 saturated carbocycles. The molecule has 3 aromatic carbocycles. The van der Waals surface area contributed by atoms with Gasteiger partial charge >= 0.3 is 0 Å². The molecule has 10 nitrogen and oxygen atoms in total. The molecule has 142 valence electrons. The number of hydrazone groups is 1. The molecule has 0 fully saturated rings. The van der Waals surface area contributed by atoms with Crippen molar-refractivity contribution in [2.75, 3.05) is 0 Å². The van der Waals surface area contributed by atoms with Crippen molar-refractivity contribution in [1.82, 2.24) is 5.01 Å². The molecule has 3 aromatic rings. The second kappa shape index (κ2) is 6.60. The minimum absolute atomic E-state index is 0.0133. The molecule has 0 atom stereocenters. The number of imide groups is 1. The lowest BCUT2D eigenvalue weighted by Gasteiger charge is -2.22. The Kier molecular flexibility index (Phi) is 4.08. The number of non-ortho nitro benzene ring substituents is 2. The van der Waals surface area contributed by atoms with Gasteiger partial charge in [-0.25, -0.2) is 0 Å². The highest BCUT2D eigenvalue weighted by molar-refractivity contribution is 6.25. The average Bonchev–Trinajstić information content (AvgIpc) is 2.71. The first-order valence-electron chi connectivity index (χ1n) is 8.25. The van der Waals surface area contributed by atoms with Gasteiger partial charge in [0, 0.05) is 35.2 Å². The zero-order valence-electron chi connectivity index (χ0n) is 14.5. The number of carbonyl (C=O) groups is 2. The molecular weight excluding hydrogens is 380 g/mol. The zero-order valence-corrected chi connectivity index (χ0v) is 14.5. The van der Waals surface area contributed by atoms with Crippen LogP contribution in [-0.4, -0.2) is 32.9 Å². The number of hydrogen-bond donors (Lipinski definition) is 0. The first-order valence-corrected chi connectivity index (χ1v) is 8.25. The summed E-state index contributed by atoms with van der Waals surface area (Å²) >= 11 is 0. The number of nitro groups is 2. The van der Waals surface area contributed by atoms with E-state index < -0.39 is 21.7 Å². The summed E-state index contributed by atoms with van der Waals surface area (Å²) in [5.41, 5.74) is 0.0255. The minimum atomic E-state index is -0.816. The molecule has 0 aliphatic carbocycles. The Hall–Kier alpha value is -4.47. The van der Waals surface area contributed by atoms with E-state index in [0.29, 0.717) is 21.3 Å². The summed E-state index contributed by atoms with van der Waals surface area (Å²) in [5.74, 6) is -1.51. The van der Waals surface area contributed by atoms with E-state index in [1.54, 1.807) is 12.1 Å². The summed E-state index contributed by atoms with van der Waals surface area (Å²) in [6.45, 7) is 0. The Labute approximate surface area is 162 Å². The topological polar surface area (TPSA) is 136 Å². The fourth-order valence-electron chi connectivity index (χ4n) is 3.13. The molecule has 0 aromatic heterocycles. The molecule has 29 heavy (non-hydrogen) atoms. The number of carbonyl (C=O) groups excluding carboxylic acids is 2. The summed E-state index contributed by atoms with van der Waals surface area (Å²) in [7, 11) is 0. The van der Waals surface area contributed by atoms with Gasteiger partial charge in [0.2, 0.25) is 0 Å². The lowest BCUT2D eigenvalue weighted by molar-refractivity contribution is -0.385. The van der Waals surface area contributed by atoms with Crippen molar-refractivity contribution < 1.29 is 19.4 Å². The largest absolute Gasteiger partial charge is 0.282 e. The van der Waals surface area contributed by atoms with E-state index in [2.05, 4.69) is 5.10 Å². The summed E-state index contributed by atoms with van der Waals surface area (Å²) < 4.78 is 0. The van der Waals surface area contributed by atoms with Crippen molar-refractivity contribution in [1.29, 1.82) is 0 Å². The van der Waals surface area contributed by atoms with Gasteiger partial charge in [0.05, 0.1) is 27.2 Å². The Balaban J connectivity index is 1.80. The molecular formula is C19H10N4O6. The van der Waals surface area contributed by atoms with Crippen LogP contribution in [0.1, 0.15) is 26.3 Å². The van der Waals surface area contributed by atoms with E-state index in [4.69, 9.17) is 0 Å². The smallest absolute Gasteiger partial charge is 0.267 e. The number of nitro benzene ring substituents is 2. The lowest BCUT2D eigenvalue weighted by atomic mass is 9.94. The fourth-order valence-corrected chi connectivity index (χ4v) is 3.13. The van der Waals surface area contributed by atoms with Crippen LogP contribution < -0.4 is 0 Å². The first-order chi connectivity index (χ1) is 13.9. The zero-order chi connectivity index (χ0) is 20.7. The molecule has 2 amide bonds. The maximum Gasteiger partial charge on any atom is 0.282 e. The van der Waals surface area contributed by atoms with E-state index in [1.807, 2.05) is 0 Å². The lowest BCUT2D eigenvalue weighted by Crippen LogP contribution is -2.36. The van der Waals surface area contributed by atoms with E-state index in [9.17, 15) is 29.8 Å². The summed E-state index contributed by atoms with van der Waals surface area (Å²) in [5, 5.41) is 27.3. The van der Waals surface area contributed by atoms with Crippen LogP contribution in [0, 0.1) is 20.2 Å². The summed E-state index contributed by atoms with van der Waals surface area (Å²) in [6.07, 6.45) is 1.14. The van der Waals surface area contributed by atoms with Gasteiger partial charge in [0.15, 0.2) is 0 Å². The van der Waals surface area contributed by atoms with Gasteiger partial charge < -0.3 is 0 Å². The third-order valence-electron chi connectivity index (χ3n) is 4.42. The van der Waals surface area contributed by atoms with E-state index >= 15 is 0 Å². The van der Waals surface area contributed by atoms with Crippen molar-refractivity contribution >= 4 is 40.2 Å². The highest BCUT2D eigenvalue weighted by atomic mass is 16.6. The number of hydrogen-bond acceptors (Lipinski definition) is 7. The second-order valence-corrected chi connectivity index (χ2v) is 6.17. The molecule has 0 spiro atoms. The molecule has 0 bridgehead atoms. The summed E-state index contributed by atoms with van der Waals surface area (Å²) in [6, 6.07) is 12.5. The van der Waals surface area contributed by atoms with Crippen LogP contribution in [0.5, 0.6) is 0 Å². The van der Waals surface area contributed by atoms with Crippen LogP contribution in [0.3, 0.4) is 0 Å². The molecule has 4 rings (SSSR count). The van der Waals surface area contributed by atoms with Crippen molar-refractivity contribution in [2.45, 2.75) is 0 Å². The first kappa shape index (κ1) is 17.9. The van der Waals surface area contributed by atoms with Gasteiger partial charge in [0.1, 0.15) is 0 Å². The van der Waals surface area contributed by atoms with Gasteiger partial charge in [-0.3, -0.25) is 29.8 Å². The Morgan fingerprint density at radius 2 is 1.52 bits per heavy atom. The van der Waals surface area contributed by atoms with E-state index in [0.717, 1.165) is 12.3 Å². The normalized spacial score (nSPS) is 13.3. The van der Waals surface area contributed by atoms with Crippen LogP contribution in [0.2, 0.25) is 0 Å². The molecule has 1 heterocycles. The molecule has 1 aliphatic rings. The van der Waals surface area contributed by atoms with Crippen molar-refractivity contribution in [2.24, 2.45) is 5.10 Å². The summed E-state index contributed by atoms with van der Waals surface area (Å²) in [4.78, 5) is 46.5. The number of rotatable bonds is 4. The highest BCUT2D eigenvalue weighted by Crippen LogP contribution is 2.33. The monoisotopic (exact) mass is 390 g/mol. The average molecular weight is 390 g/mol. The Morgan fingerprint density at radius 3 is 2.24 bits per heavy atom. The van der Waals surface area contributed by atoms with E-state index in [-0.39, 0.29) is 22.5 Å². The van der Waals surface area contributed by atoms with Crippen LogP contribution in [0.25, 0.3) is 10.8 Å². The van der Waals surface area contributed by atoms with Gasteiger partial charge in [-0.1, -0.05) is 24.3 Å². The van der Waals surface area contributed by atoms with Gasteiger partial charge in [-0.2, -0.15) is 10.1 Å². The molecule has 0 saturated heterocycles. The fraction of sp³-hybridized carbons (Fsp3) is 0. The third kappa shape index (κ3) is 2.98. The molecule has 0 radical (unpaired) electrons. The van der Waals surface area contributed by atoms with Gasteiger partial charge in [0.25, 0.3) is 23.2 Å². The highest BCUT2D eigenvalue weighted by Gasteiger charge is 2.34. The van der Waals surface area contributed by atoms with Gasteiger partial charge in [-0.15, -0.1) is 0 Å².